The van der Waals surface area contributed by atoms with E-state index >= 15 is 0 Å². The van der Waals surface area contributed by atoms with Crippen molar-refractivity contribution in [2.75, 3.05) is 12.4 Å². The molecule has 106 valence electrons. The molecule has 0 saturated carbocycles. The molecule has 2 heterocycles. The highest BCUT2D eigenvalue weighted by molar-refractivity contribution is 7.10. The zero-order valence-corrected chi connectivity index (χ0v) is 11.9. The first-order chi connectivity index (χ1) is 10.3. The molecule has 7 heteroatoms. The average Bonchev–Trinajstić information content (AvgIpc) is 3.18. The van der Waals surface area contributed by atoms with Gasteiger partial charge in [-0.15, -0.1) is 0 Å². The Hall–Kier alpha value is -2.67. The third-order valence-electron chi connectivity index (χ3n) is 2.76. The van der Waals surface area contributed by atoms with Crippen LogP contribution in [-0.2, 0) is 0 Å². The molecule has 6 nitrogen and oxygen atoms in total. The van der Waals surface area contributed by atoms with E-state index in [0.717, 1.165) is 22.8 Å². The van der Waals surface area contributed by atoms with Crippen LogP contribution in [0.4, 0.5) is 5.13 Å². The molecule has 0 atom stereocenters. The van der Waals surface area contributed by atoms with Gasteiger partial charge in [-0.1, -0.05) is 12.1 Å². The van der Waals surface area contributed by atoms with Crippen LogP contribution in [0.5, 0.6) is 5.75 Å². The molecule has 0 bridgehead atoms. The van der Waals surface area contributed by atoms with E-state index in [1.165, 1.54) is 12.5 Å². The number of benzene rings is 1. The van der Waals surface area contributed by atoms with E-state index in [4.69, 9.17) is 9.15 Å². The van der Waals surface area contributed by atoms with Gasteiger partial charge in [0, 0.05) is 17.1 Å². The highest BCUT2D eigenvalue weighted by Crippen LogP contribution is 2.24. The number of nitrogens with zero attached hydrogens (tertiary/aromatic N) is 2. The van der Waals surface area contributed by atoms with Crippen molar-refractivity contribution >= 4 is 22.6 Å². The maximum Gasteiger partial charge on any atom is 0.260 e. The van der Waals surface area contributed by atoms with Crippen molar-refractivity contribution in [3.05, 3.63) is 48.4 Å². The number of carbonyl (C=O) groups is 1. The Bertz CT molecular complexity index is 752. The van der Waals surface area contributed by atoms with E-state index in [1.807, 2.05) is 24.3 Å². The molecule has 1 aromatic carbocycles. The maximum atomic E-state index is 11.9. The van der Waals surface area contributed by atoms with Crippen LogP contribution in [0.3, 0.4) is 0 Å². The minimum Gasteiger partial charge on any atom is -0.497 e. The Morgan fingerprint density at radius 3 is 3.05 bits per heavy atom. The summed E-state index contributed by atoms with van der Waals surface area (Å²) in [5, 5.41) is 3.11. The fourth-order valence-electron chi connectivity index (χ4n) is 1.72. The van der Waals surface area contributed by atoms with Crippen LogP contribution in [0.15, 0.2) is 47.3 Å². The van der Waals surface area contributed by atoms with Crippen molar-refractivity contribution in [2.45, 2.75) is 0 Å². The molecule has 0 fully saturated rings. The summed E-state index contributed by atoms with van der Waals surface area (Å²) in [7, 11) is 1.60. The highest BCUT2D eigenvalue weighted by atomic mass is 32.1. The van der Waals surface area contributed by atoms with E-state index in [1.54, 1.807) is 13.2 Å². The topological polar surface area (TPSA) is 77.2 Å². The molecule has 0 saturated heterocycles. The quantitative estimate of drug-likeness (QED) is 0.801. The number of aromatic nitrogens is 2. The third kappa shape index (κ3) is 2.92. The largest absolute Gasteiger partial charge is 0.497 e. The summed E-state index contributed by atoms with van der Waals surface area (Å²) in [6.07, 6.45) is 2.82. The lowest BCUT2D eigenvalue weighted by atomic mass is 10.2. The number of carbonyl (C=O) groups excluding carboxylic acids is 1. The van der Waals surface area contributed by atoms with Crippen LogP contribution in [-0.4, -0.2) is 22.4 Å². The molecule has 0 aliphatic heterocycles. The normalized spacial score (nSPS) is 10.3. The SMILES string of the molecule is COc1cccc(-c2nsc(NC(=O)c3ccoc3)n2)c1. The molecule has 0 unspecified atom stereocenters. The zero-order chi connectivity index (χ0) is 14.7. The predicted molar refractivity (Wildman–Crippen MR) is 78.6 cm³/mol. The van der Waals surface area contributed by atoms with E-state index in [2.05, 4.69) is 14.7 Å². The summed E-state index contributed by atoms with van der Waals surface area (Å²) in [6.45, 7) is 0. The van der Waals surface area contributed by atoms with Gasteiger partial charge < -0.3 is 9.15 Å². The van der Waals surface area contributed by atoms with E-state index in [9.17, 15) is 4.79 Å². The fourth-order valence-corrected chi connectivity index (χ4v) is 2.30. The van der Waals surface area contributed by atoms with Crippen molar-refractivity contribution in [2.24, 2.45) is 0 Å². The lowest BCUT2D eigenvalue weighted by molar-refractivity contribution is 0.102. The summed E-state index contributed by atoms with van der Waals surface area (Å²) in [5.74, 6) is 0.991. The number of methoxy groups -OCH3 is 1. The summed E-state index contributed by atoms with van der Waals surface area (Å²) in [5.41, 5.74) is 1.27. The molecule has 0 aliphatic rings. The molecule has 21 heavy (non-hydrogen) atoms. The van der Waals surface area contributed by atoms with Crippen molar-refractivity contribution in [1.82, 2.24) is 9.36 Å². The van der Waals surface area contributed by atoms with Crippen LogP contribution < -0.4 is 10.1 Å². The predicted octanol–water partition coefficient (Wildman–Crippen LogP) is 3.06. The molecule has 1 amide bonds. The molecule has 1 N–H and O–H groups in total. The van der Waals surface area contributed by atoms with Gasteiger partial charge in [-0.2, -0.15) is 9.36 Å². The van der Waals surface area contributed by atoms with Crippen molar-refractivity contribution in [3.8, 4) is 17.1 Å². The van der Waals surface area contributed by atoms with Gasteiger partial charge in [-0.25, -0.2) is 0 Å². The Morgan fingerprint density at radius 1 is 1.38 bits per heavy atom. The molecular formula is C14H11N3O3S. The average molecular weight is 301 g/mol. The number of rotatable bonds is 4. The van der Waals surface area contributed by atoms with Gasteiger partial charge in [0.1, 0.15) is 12.0 Å². The summed E-state index contributed by atoms with van der Waals surface area (Å²) in [4.78, 5) is 16.2. The number of anilines is 1. The van der Waals surface area contributed by atoms with Gasteiger partial charge in [0.15, 0.2) is 5.82 Å². The molecule has 0 aliphatic carbocycles. The van der Waals surface area contributed by atoms with Gasteiger partial charge >= 0.3 is 0 Å². The minimum absolute atomic E-state index is 0.280. The molecule has 0 spiro atoms. The lowest BCUT2D eigenvalue weighted by Gasteiger charge is -2.00. The van der Waals surface area contributed by atoms with Crippen LogP contribution >= 0.6 is 11.5 Å². The smallest absolute Gasteiger partial charge is 0.260 e. The number of hydrogen-bond donors (Lipinski definition) is 1. The Labute approximate surface area is 124 Å². The molecule has 3 rings (SSSR count). The van der Waals surface area contributed by atoms with E-state index in [-0.39, 0.29) is 5.91 Å². The second-order valence-electron chi connectivity index (χ2n) is 4.12. The van der Waals surface area contributed by atoms with Crippen molar-refractivity contribution < 1.29 is 13.9 Å². The van der Waals surface area contributed by atoms with Crippen molar-refractivity contribution in [1.29, 1.82) is 0 Å². The van der Waals surface area contributed by atoms with Gasteiger partial charge in [-0.3, -0.25) is 10.1 Å². The minimum atomic E-state index is -0.280. The summed E-state index contributed by atoms with van der Waals surface area (Å²) < 4.78 is 14.3. The van der Waals surface area contributed by atoms with Crippen LogP contribution in [0.1, 0.15) is 10.4 Å². The first-order valence-electron chi connectivity index (χ1n) is 6.08. The van der Waals surface area contributed by atoms with Crippen LogP contribution in [0.2, 0.25) is 0 Å². The maximum absolute atomic E-state index is 11.9. The third-order valence-corrected chi connectivity index (χ3v) is 3.39. The zero-order valence-electron chi connectivity index (χ0n) is 11.1. The highest BCUT2D eigenvalue weighted by Gasteiger charge is 2.12. The standard InChI is InChI=1S/C14H11N3O3S/c1-19-11-4-2-3-9(7-11)12-15-14(21-17-12)16-13(18)10-5-6-20-8-10/h2-8H,1H3,(H,15,16,17,18). The van der Waals surface area contributed by atoms with E-state index in [0.29, 0.717) is 16.5 Å². The number of amides is 1. The van der Waals surface area contributed by atoms with Gasteiger partial charge in [0.25, 0.3) is 5.91 Å². The lowest BCUT2D eigenvalue weighted by Crippen LogP contribution is -2.10. The fraction of sp³-hybridized carbons (Fsp3) is 0.0714. The summed E-state index contributed by atoms with van der Waals surface area (Å²) in [6, 6.07) is 9.01. The van der Waals surface area contributed by atoms with Crippen LogP contribution in [0.25, 0.3) is 11.4 Å². The first-order valence-corrected chi connectivity index (χ1v) is 6.85. The number of ether oxygens (including phenoxy) is 1. The Balaban J connectivity index is 1.78. The Morgan fingerprint density at radius 2 is 2.29 bits per heavy atom. The monoisotopic (exact) mass is 301 g/mol. The Kier molecular flexibility index (Phi) is 3.65. The number of nitrogens with one attached hydrogen (secondary N) is 1. The molecule has 3 aromatic rings. The van der Waals surface area contributed by atoms with Crippen LogP contribution in [0, 0.1) is 0 Å². The number of hydrogen-bond acceptors (Lipinski definition) is 6. The molecular weight excluding hydrogens is 290 g/mol. The van der Waals surface area contributed by atoms with Gasteiger partial charge in [-0.05, 0) is 18.2 Å². The molecule has 0 radical (unpaired) electrons. The molecule has 2 aromatic heterocycles. The van der Waals surface area contributed by atoms with E-state index < -0.39 is 0 Å². The van der Waals surface area contributed by atoms with Gasteiger partial charge in [0.05, 0.1) is 18.9 Å². The van der Waals surface area contributed by atoms with Gasteiger partial charge in [0.2, 0.25) is 5.13 Å². The second-order valence-corrected chi connectivity index (χ2v) is 4.87. The van der Waals surface area contributed by atoms with Crippen molar-refractivity contribution in [3.63, 3.8) is 0 Å². The second kappa shape index (κ2) is 5.76. The number of furan rings is 1. The summed E-state index contributed by atoms with van der Waals surface area (Å²) >= 11 is 1.12. The first kappa shape index (κ1) is 13.3.